The Morgan fingerprint density at radius 2 is 2.31 bits per heavy atom. The third-order valence-corrected chi connectivity index (χ3v) is 2.92. The van der Waals surface area contributed by atoms with E-state index in [1.807, 2.05) is 0 Å². The Morgan fingerprint density at radius 3 is 2.92 bits per heavy atom. The van der Waals surface area contributed by atoms with E-state index >= 15 is 0 Å². The molecule has 1 atom stereocenters. The summed E-state index contributed by atoms with van der Waals surface area (Å²) in [5.41, 5.74) is 5.95. The van der Waals surface area contributed by atoms with Gasteiger partial charge in [-0.05, 0) is 5.92 Å². The summed E-state index contributed by atoms with van der Waals surface area (Å²) in [6.45, 7) is 4.15. The second-order valence-corrected chi connectivity index (χ2v) is 4.26. The molecule has 0 radical (unpaired) electrons. The number of nitrogens with two attached hydrogens (primary N) is 1. The van der Waals surface area contributed by atoms with Crippen LogP contribution in [0.15, 0.2) is 6.33 Å². The van der Waals surface area contributed by atoms with Gasteiger partial charge in [0.1, 0.15) is 11.3 Å². The van der Waals surface area contributed by atoms with Gasteiger partial charge in [-0.25, -0.2) is 0 Å². The van der Waals surface area contributed by atoms with E-state index in [0.29, 0.717) is 5.92 Å². The predicted molar refractivity (Wildman–Crippen MR) is 50.4 cm³/mol. The number of nitrogens with zero attached hydrogens (tertiary/aromatic N) is 4. The van der Waals surface area contributed by atoms with E-state index < -0.39 is 0 Å². The maximum Gasteiger partial charge on any atom is 0.234 e. The minimum Gasteiger partial charge on any atom is -0.322 e. The van der Waals surface area contributed by atoms with Crippen LogP contribution in [-0.2, 0) is 0 Å². The quantitative estimate of drug-likeness (QED) is 0.774. The molecule has 0 amide bonds. The van der Waals surface area contributed by atoms with Crippen molar-refractivity contribution in [2.75, 3.05) is 0 Å². The first-order valence-corrected chi connectivity index (χ1v) is 4.92. The van der Waals surface area contributed by atoms with E-state index in [2.05, 4.69) is 29.1 Å². The topological polar surface area (TPSA) is 69.1 Å². The van der Waals surface area contributed by atoms with Crippen molar-refractivity contribution in [1.29, 1.82) is 0 Å². The zero-order chi connectivity index (χ0) is 9.42. The summed E-state index contributed by atoms with van der Waals surface area (Å²) in [5.74, 6) is 0.392. The first-order valence-electron chi connectivity index (χ1n) is 4.11. The van der Waals surface area contributed by atoms with Crippen molar-refractivity contribution < 1.29 is 0 Å². The number of rotatable bonds is 2. The largest absolute Gasteiger partial charge is 0.322 e. The zero-order valence-electron chi connectivity index (χ0n) is 7.51. The van der Waals surface area contributed by atoms with Crippen molar-refractivity contribution in [1.82, 2.24) is 19.8 Å². The summed E-state index contributed by atoms with van der Waals surface area (Å²) >= 11 is 1.49. The summed E-state index contributed by atoms with van der Waals surface area (Å²) in [6.07, 6.45) is 1.59. The minimum absolute atomic E-state index is 0.00769. The molecule has 0 aromatic carbocycles. The number of aromatic nitrogens is 4. The molecule has 0 fully saturated rings. The SMILES string of the molecule is CC(C)C(N)c1nn2cnnc2s1. The Labute approximate surface area is 79.6 Å². The number of hydrogen-bond donors (Lipinski definition) is 1. The van der Waals surface area contributed by atoms with Crippen molar-refractivity contribution in [3.63, 3.8) is 0 Å². The fourth-order valence-corrected chi connectivity index (χ4v) is 1.99. The summed E-state index contributed by atoms with van der Waals surface area (Å²) < 4.78 is 1.66. The molecule has 0 aliphatic carbocycles. The predicted octanol–water partition coefficient (Wildman–Crippen LogP) is 0.842. The first-order chi connectivity index (χ1) is 6.18. The lowest BCUT2D eigenvalue weighted by molar-refractivity contribution is 0.507. The van der Waals surface area contributed by atoms with Crippen LogP contribution in [0.4, 0.5) is 0 Å². The lowest BCUT2D eigenvalue weighted by atomic mass is 10.1. The molecule has 2 heterocycles. The summed E-state index contributed by atoms with van der Waals surface area (Å²) in [4.78, 5) is 0.797. The van der Waals surface area contributed by atoms with Crippen molar-refractivity contribution in [3.8, 4) is 0 Å². The highest BCUT2D eigenvalue weighted by molar-refractivity contribution is 7.16. The van der Waals surface area contributed by atoms with Gasteiger partial charge in [-0.2, -0.15) is 9.61 Å². The average molecular weight is 197 g/mol. The maximum absolute atomic E-state index is 5.95. The smallest absolute Gasteiger partial charge is 0.234 e. The van der Waals surface area contributed by atoms with Gasteiger partial charge in [0.15, 0.2) is 0 Å². The van der Waals surface area contributed by atoms with Crippen molar-refractivity contribution in [3.05, 3.63) is 11.3 Å². The summed E-state index contributed by atoms with van der Waals surface area (Å²) in [6, 6.07) is -0.00769. The number of hydrogen-bond acceptors (Lipinski definition) is 5. The van der Waals surface area contributed by atoms with E-state index in [-0.39, 0.29) is 6.04 Å². The van der Waals surface area contributed by atoms with E-state index in [1.54, 1.807) is 10.8 Å². The van der Waals surface area contributed by atoms with Crippen LogP contribution < -0.4 is 5.73 Å². The Morgan fingerprint density at radius 1 is 1.54 bits per heavy atom. The fourth-order valence-electron chi connectivity index (χ4n) is 0.995. The molecule has 0 aliphatic rings. The van der Waals surface area contributed by atoms with Crippen LogP contribution in [0.25, 0.3) is 4.96 Å². The Kier molecular flexibility index (Phi) is 2.01. The van der Waals surface area contributed by atoms with Crippen molar-refractivity contribution >= 4 is 16.3 Å². The van der Waals surface area contributed by atoms with Crippen LogP contribution in [0.1, 0.15) is 24.9 Å². The van der Waals surface area contributed by atoms with Gasteiger partial charge in [-0.3, -0.25) is 0 Å². The minimum atomic E-state index is -0.00769. The van der Waals surface area contributed by atoms with Gasteiger partial charge in [-0.15, -0.1) is 10.2 Å². The van der Waals surface area contributed by atoms with Crippen LogP contribution in [0.2, 0.25) is 0 Å². The van der Waals surface area contributed by atoms with Gasteiger partial charge in [0, 0.05) is 0 Å². The van der Waals surface area contributed by atoms with Gasteiger partial charge >= 0.3 is 0 Å². The number of fused-ring (bicyclic) bond motifs is 1. The van der Waals surface area contributed by atoms with Gasteiger partial charge in [0.2, 0.25) is 4.96 Å². The van der Waals surface area contributed by atoms with Crippen LogP contribution in [-0.4, -0.2) is 19.8 Å². The van der Waals surface area contributed by atoms with Crippen LogP contribution >= 0.6 is 11.3 Å². The molecule has 0 saturated heterocycles. The molecule has 1 unspecified atom stereocenters. The molecular formula is C7H11N5S. The van der Waals surface area contributed by atoms with Crippen LogP contribution in [0, 0.1) is 5.92 Å². The zero-order valence-corrected chi connectivity index (χ0v) is 8.32. The monoisotopic (exact) mass is 197 g/mol. The molecule has 2 rings (SSSR count). The van der Waals surface area contributed by atoms with Gasteiger partial charge < -0.3 is 5.73 Å². The highest BCUT2D eigenvalue weighted by Gasteiger charge is 2.16. The van der Waals surface area contributed by atoms with Gasteiger partial charge in [-0.1, -0.05) is 25.2 Å². The Hall–Kier alpha value is -1.01. The third-order valence-electron chi connectivity index (χ3n) is 1.91. The van der Waals surface area contributed by atoms with Gasteiger partial charge in [0.05, 0.1) is 6.04 Å². The molecule has 2 aromatic rings. The molecular weight excluding hydrogens is 186 g/mol. The Bertz CT molecular complexity index is 375. The molecule has 0 bridgehead atoms. The standard InChI is InChI=1S/C7H11N5S/c1-4(2)5(8)6-11-12-3-9-10-7(12)13-6/h3-5H,8H2,1-2H3. The second-order valence-electron chi connectivity index (χ2n) is 3.27. The highest BCUT2D eigenvalue weighted by atomic mass is 32.1. The summed E-state index contributed by atoms with van der Waals surface area (Å²) in [7, 11) is 0. The van der Waals surface area contributed by atoms with Crippen molar-refractivity contribution in [2.24, 2.45) is 11.7 Å². The first kappa shape index (κ1) is 8.58. The molecule has 70 valence electrons. The lowest BCUT2D eigenvalue weighted by Gasteiger charge is -2.10. The van der Waals surface area contributed by atoms with E-state index in [1.165, 1.54) is 11.3 Å². The highest BCUT2D eigenvalue weighted by Crippen LogP contribution is 2.22. The molecule has 5 nitrogen and oxygen atoms in total. The van der Waals surface area contributed by atoms with Crippen LogP contribution in [0.3, 0.4) is 0 Å². The van der Waals surface area contributed by atoms with E-state index in [9.17, 15) is 0 Å². The second kappa shape index (κ2) is 3.04. The molecule has 0 saturated carbocycles. The molecule has 2 N–H and O–H groups in total. The van der Waals surface area contributed by atoms with Crippen LogP contribution in [0.5, 0.6) is 0 Å². The molecule has 6 heteroatoms. The van der Waals surface area contributed by atoms with E-state index in [4.69, 9.17) is 5.73 Å². The fraction of sp³-hybridized carbons (Fsp3) is 0.571. The summed E-state index contributed by atoms with van der Waals surface area (Å²) in [5, 5.41) is 12.8. The Balaban J connectivity index is 2.39. The van der Waals surface area contributed by atoms with Gasteiger partial charge in [0.25, 0.3) is 0 Å². The molecule has 0 aliphatic heterocycles. The average Bonchev–Trinajstić information content (AvgIpc) is 2.59. The third kappa shape index (κ3) is 1.42. The van der Waals surface area contributed by atoms with Crippen molar-refractivity contribution in [2.45, 2.75) is 19.9 Å². The molecule has 0 spiro atoms. The normalized spacial score (nSPS) is 14.2. The molecule has 13 heavy (non-hydrogen) atoms. The molecule has 2 aromatic heterocycles. The van der Waals surface area contributed by atoms with E-state index in [0.717, 1.165) is 9.97 Å². The lowest BCUT2D eigenvalue weighted by Crippen LogP contribution is -2.16. The maximum atomic E-state index is 5.95.